The number of rotatable bonds is 5. The van der Waals surface area contributed by atoms with E-state index in [4.69, 9.17) is 0 Å². The molecule has 1 aliphatic rings. The first kappa shape index (κ1) is 16.1. The van der Waals surface area contributed by atoms with Crippen LogP contribution < -0.4 is 5.32 Å². The van der Waals surface area contributed by atoms with Crippen molar-refractivity contribution in [2.45, 2.75) is 49.1 Å². The Balaban J connectivity index is 1.66. The molecular weight excluding hydrogens is 306 g/mol. The highest BCUT2D eigenvalue weighted by atomic mass is 32.2. The lowest BCUT2D eigenvalue weighted by molar-refractivity contribution is -0.120. The van der Waals surface area contributed by atoms with Gasteiger partial charge in [-0.25, -0.2) is 4.98 Å². The van der Waals surface area contributed by atoms with Crippen molar-refractivity contribution in [3.63, 3.8) is 0 Å². The first-order valence-corrected chi connectivity index (χ1v) is 9.07. The van der Waals surface area contributed by atoms with Gasteiger partial charge in [0.15, 0.2) is 5.16 Å². The zero-order chi connectivity index (χ0) is 16.2. The molecule has 1 atom stereocenters. The third-order valence-electron chi connectivity index (χ3n) is 4.37. The smallest absolute Gasteiger partial charge is 0.233 e. The Labute approximate surface area is 141 Å². The maximum absolute atomic E-state index is 12.3. The van der Waals surface area contributed by atoms with E-state index in [2.05, 4.69) is 27.0 Å². The number of aromatic nitrogens is 2. The zero-order valence-corrected chi connectivity index (χ0v) is 14.5. The lowest BCUT2D eigenvalue weighted by Gasteiger charge is -2.16. The van der Waals surface area contributed by atoms with Crippen molar-refractivity contribution in [1.29, 1.82) is 0 Å². The standard InChI is InChI=1S/C18H23N3OS/c1-13(17(22)20-15-10-6-7-11-15)23-18-19-12-16(21(18)2)14-8-4-3-5-9-14/h3-5,8-9,12-13,15H,6-7,10-11H2,1-2H3,(H,20,22)/t13-/m1/s1. The van der Waals surface area contributed by atoms with Crippen LogP contribution in [0, 0.1) is 0 Å². The highest BCUT2D eigenvalue weighted by Crippen LogP contribution is 2.27. The highest BCUT2D eigenvalue weighted by molar-refractivity contribution is 8.00. The van der Waals surface area contributed by atoms with Crippen LogP contribution in [0.5, 0.6) is 0 Å². The zero-order valence-electron chi connectivity index (χ0n) is 13.7. The molecule has 2 aromatic rings. The van der Waals surface area contributed by atoms with Crippen molar-refractivity contribution in [1.82, 2.24) is 14.9 Å². The second-order valence-electron chi connectivity index (χ2n) is 6.10. The molecule has 1 aliphatic carbocycles. The minimum absolute atomic E-state index is 0.117. The molecule has 1 fully saturated rings. The van der Waals surface area contributed by atoms with Gasteiger partial charge in [-0.2, -0.15) is 0 Å². The van der Waals surface area contributed by atoms with Gasteiger partial charge in [-0.3, -0.25) is 4.79 Å². The van der Waals surface area contributed by atoms with E-state index in [1.165, 1.54) is 24.6 Å². The summed E-state index contributed by atoms with van der Waals surface area (Å²) in [6, 6.07) is 10.6. The van der Waals surface area contributed by atoms with Crippen LogP contribution in [-0.2, 0) is 11.8 Å². The summed E-state index contributed by atoms with van der Waals surface area (Å²) in [7, 11) is 2.00. The second-order valence-corrected chi connectivity index (χ2v) is 7.41. The quantitative estimate of drug-likeness (QED) is 0.852. The molecule has 1 amide bonds. The molecule has 5 heteroatoms. The molecule has 1 aromatic carbocycles. The van der Waals surface area contributed by atoms with Crippen molar-refractivity contribution in [2.24, 2.45) is 7.05 Å². The molecule has 0 saturated heterocycles. The Morgan fingerprint density at radius 1 is 1.30 bits per heavy atom. The third-order valence-corrected chi connectivity index (χ3v) is 5.53. The van der Waals surface area contributed by atoms with Crippen molar-refractivity contribution in [3.05, 3.63) is 36.5 Å². The van der Waals surface area contributed by atoms with Crippen LogP contribution in [0.25, 0.3) is 11.3 Å². The fraction of sp³-hybridized carbons (Fsp3) is 0.444. The van der Waals surface area contributed by atoms with Gasteiger partial charge in [0.2, 0.25) is 5.91 Å². The lowest BCUT2D eigenvalue weighted by Crippen LogP contribution is -2.37. The topological polar surface area (TPSA) is 46.9 Å². The van der Waals surface area contributed by atoms with E-state index in [0.29, 0.717) is 6.04 Å². The molecule has 0 aliphatic heterocycles. The van der Waals surface area contributed by atoms with Gasteiger partial charge in [0, 0.05) is 13.1 Å². The molecule has 1 aromatic heterocycles. The molecule has 0 bridgehead atoms. The van der Waals surface area contributed by atoms with Gasteiger partial charge in [0.05, 0.1) is 17.1 Å². The summed E-state index contributed by atoms with van der Waals surface area (Å²) in [6.07, 6.45) is 6.56. The average Bonchev–Trinajstić information content (AvgIpc) is 3.19. The van der Waals surface area contributed by atoms with Crippen LogP contribution in [0.1, 0.15) is 32.6 Å². The summed E-state index contributed by atoms with van der Waals surface area (Å²) >= 11 is 1.52. The lowest BCUT2D eigenvalue weighted by atomic mass is 10.2. The van der Waals surface area contributed by atoms with E-state index in [1.54, 1.807) is 0 Å². The molecule has 4 nitrogen and oxygen atoms in total. The van der Waals surface area contributed by atoms with Crippen LogP contribution >= 0.6 is 11.8 Å². The number of nitrogens with zero attached hydrogens (tertiary/aromatic N) is 2. The van der Waals surface area contributed by atoms with Gasteiger partial charge in [-0.05, 0) is 25.3 Å². The Hall–Kier alpha value is -1.75. The minimum Gasteiger partial charge on any atom is -0.352 e. The summed E-state index contributed by atoms with van der Waals surface area (Å²) < 4.78 is 2.05. The van der Waals surface area contributed by atoms with E-state index in [0.717, 1.165) is 29.3 Å². The maximum Gasteiger partial charge on any atom is 0.233 e. The number of carbonyl (C=O) groups is 1. The molecule has 122 valence electrons. The fourth-order valence-corrected chi connectivity index (χ4v) is 3.84. The number of thioether (sulfide) groups is 1. The normalized spacial score (nSPS) is 16.4. The number of nitrogens with one attached hydrogen (secondary N) is 1. The Kier molecular flexibility index (Phi) is 5.06. The molecule has 0 spiro atoms. The van der Waals surface area contributed by atoms with E-state index < -0.39 is 0 Å². The highest BCUT2D eigenvalue weighted by Gasteiger charge is 2.22. The van der Waals surface area contributed by atoms with Crippen LogP contribution in [0.3, 0.4) is 0 Å². The SMILES string of the molecule is C[C@@H](Sc1ncc(-c2ccccc2)n1C)C(=O)NC1CCCC1. The summed E-state index contributed by atoms with van der Waals surface area (Å²) in [5, 5.41) is 3.89. The second kappa shape index (κ2) is 7.21. The summed E-state index contributed by atoms with van der Waals surface area (Å²) in [4.78, 5) is 16.8. The molecule has 1 heterocycles. The molecule has 1 saturated carbocycles. The number of imidazole rings is 1. The first-order chi connectivity index (χ1) is 11.1. The predicted molar refractivity (Wildman–Crippen MR) is 94.4 cm³/mol. The Morgan fingerprint density at radius 3 is 2.70 bits per heavy atom. The minimum atomic E-state index is -0.139. The van der Waals surface area contributed by atoms with Gasteiger partial charge in [0.1, 0.15) is 0 Å². The van der Waals surface area contributed by atoms with Crippen LogP contribution in [0.15, 0.2) is 41.7 Å². The van der Waals surface area contributed by atoms with Gasteiger partial charge < -0.3 is 9.88 Å². The molecule has 0 radical (unpaired) electrons. The van der Waals surface area contributed by atoms with Gasteiger partial charge >= 0.3 is 0 Å². The van der Waals surface area contributed by atoms with Crippen molar-refractivity contribution in [2.75, 3.05) is 0 Å². The summed E-state index contributed by atoms with van der Waals surface area (Å²) in [5.41, 5.74) is 2.20. The van der Waals surface area contributed by atoms with Crippen molar-refractivity contribution in [3.8, 4) is 11.3 Å². The van der Waals surface area contributed by atoms with Gasteiger partial charge in [0.25, 0.3) is 0 Å². The van der Waals surface area contributed by atoms with E-state index >= 15 is 0 Å². The summed E-state index contributed by atoms with van der Waals surface area (Å²) in [6.45, 7) is 1.95. The number of hydrogen-bond donors (Lipinski definition) is 1. The molecular formula is C18H23N3OS. The number of carbonyl (C=O) groups excluding carboxylic acids is 1. The van der Waals surface area contributed by atoms with Crippen LogP contribution in [0.4, 0.5) is 0 Å². The van der Waals surface area contributed by atoms with E-state index in [-0.39, 0.29) is 11.2 Å². The Morgan fingerprint density at radius 2 is 2.00 bits per heavy atom. The average molecular weight is 329 g/mol. The van der Waals surface area contributed by atoms with Gasteiger partial charge in [-0.1, -0.05) is 54.9 Å². The third kappa shape index (κ3) is 3.78. The molecule has 0 unspecified atom stereocenters. The van der Waals surface area contributed by atoms with Crippen molar-refractivity contribution >= 4 is 17.7 Å². The van der Waals surface area contributed by atoms with Crippen molar-refractivity contribution < 1.29 is 4.79 Å². The Bertz CT molecular complexity index is 662. The fourth-order valence-electron chi connectivity index (χ4n) is 2.98. The van der Waals surface area contributed by atoms with E-state index in [9.17, 15) is 4.79 Å². The van der Waals surface area contributed by atoms with Gasteiger partial charge in [-0.15, -0.1) is 0 Å². The summed E-state index contributed by atoms with van der Waals surface area (Å²) in [5.74, 6) is 0.117. The number of benzene rings is 1. The maximum atomic E-state index is 12.3. The largest absolute Gasteiger partial charge is 0.352 e. The predicted octanol–water partition coefficient (Wildman–Crippen LogP) is 3.63. The molecule has 23 heavy (non-hydrogen) atoms. The van der Waals surface area contributed by atoms with Crippen LogP contribution in [-0.4, -0.2) is 26.8 Å². The van der Waals surface area contributed by atoms with E-state index in [1.807, 2.05) is 38.4 Å². The number of amides is 1. The molecule has 3 rings (SSSR count). The number of hydrogen-bond acceptors (Lipinski definition) is 3. The molecule has 1 N–H and O–H groups in total. The monoisotopic (exact) mass is 329 g/mol. The van der Waals surface area contributed by atoms with Crippen LogP contribution in [0.2, 0.25) is 0 Å². The first-order valence-electron chi connectivity index (χ1n) is 8.19.